The van der Waals surface area contributed by atoms with E-state index in [1.807, 2.05) is 0 Å². The molecule has 2 heterocycles. The lowest BCUT2D eigenvalue weighted by Crippen LogP contribution is -2.42. The number of piperidine rings is 1. The second-order valence-electron chi connectivity index (χ2n) is 4.43. The van der Waals surface area contributed by atoms with E-state index in [4.69, 9.17) is 16.3 Å². The minimum atomic E-state index is 0.338. The quantitative estimate of drug-likeness (QED) is 0.907. The Kier molecular flexibility index (Phi) is 4.60. The SMILES string of the molecule is CCN1CCCC(Nc2nc(OC)ncc2Cl)C1. The second-order valence-corrected chi connectivity index (χ2v) is 4.84. The zero-order chi connectivity index (χ0) is 13.0. The van der Waals surface area contributed by atoms with Gasteiger partial charge in [0, 0.05) is 12.6 Å². The first-order valence-corrected chi connectivity index (χ1v) is 6.66. The molecule has 1 aliphatic rings. The van der Waals surface area contributed by atoms with Crippen LogP contribution in [-0.2, 0) is 0 Å². The van der Waals surface area contributed by atoms with Gasteiger partial charge < -0.3 is 15.0 Å². The van der Waals surface area contributed by atoms with Crippen molar-refractivity contribution in [2.45, 2.75) is 25.8 Å². The summed E-state index contributed by atoms with van der Waals surface area (Å²) in [6.45, 7) is 5.47. The first-order valence-electron chi connectivity index (χ1n) is 6.28. The number of hydrogen-bond donors (Lipinski definition) is 1. The zero-order valence-corrected chi connectivity index (χ0v) is 11.6. The Morgan fingerprint density at radius 1 is 1.61 bits per heavy atom. The Balaban J connectivity index is 2.04. The number of halogens is 1. The van der Waals surface area contributed by atoms with Crippen LogP contribution in [0.25, 0.3) is 0 Å². The van der Waals surface area contributed by atoms with Gasteiger partial charge in [0.05, 0.1) is 13.3 Å². The van der Waals surface area contributed by atoms with Crippen LogP contribution in [-0.4, -0.2) is 47.7 Å². The number of likely N-dealkylation sites (tertiary alicyclic amines) is 1. The number of likely N-dealkylation sites (N-methyl/N-ethyl adjacent to an activating group) is 1. The average Bonchev–Trinajstić information content (AvgIpc) is 2.41. The lowest BCUT2D eigenvalue weighted by atomic mass is 10.1. The van der Waals surface area contributed by atoms with Gasteiger partial charge in [-0.05, 0) is 25.9 Å². The fourth-order valence-electron chi connectivity index (χ4n) is 2.20. The van der Waals surface area contributed by atoms with Crippen LogP contribution in [0.2, 0.25) is 5.02 Å². The molecule has 1 aromatic rings. The molecule has 0 aliphatic carbocycles. The maximum Gasteiger partial charge on any atom is 0.318 e. The highest BCUT2D eigenvalue weighted by Crippen LogP contribution is 2.23. The Morgan fingerprint density at radius 3 is 3.17 bits per heavy atom. The van der Waals surface area contributed by atoms with Gasteiger partial charge in [0.2, 0.25) is 0 Å². The number of ether oxygens (including phenoxy) is 1. The first-order chi connectivity index (χ1) is 8.72. The molecule has 1 aromatic heterocycles. The molecular weight excluding hydrogens is 252 g/mol. The highest BCUT2D eigenvalue weighted by atomic mass is 35.5. The molecule has 0 saturated carbocycles. The molecule has 1 fully saturated rings. The van der Waals surface area contributed by atoms with Crippen molar-refractivity contribution in [3.05, 3.63) is 11.2 Å². The second kappa shape index (κ2) is 6.20. The van der Waals surface area contributed by atoms with Crippen molar-refractivity contribution in [3.63, 3.8) is 0 Å². The molecule has 1 unspecified atom stereocenters. The third kappa shape index (κ3) is 3.23. The number of nitrogens with one attached hydrogen (secondary N) is 1. The predicted octanol–water partition coefficient (Wildman–Crippen LogP) is 2.03. The summed E-state index contributed by atoms with van der Waals surface area (Å²) in [5.41, 5.74) is 0. The van der Waals surface area contributed by atoms with Gasteiger partial charge in [0.25, 0.3) is 0 Å². The number of hydrogen-bond acceptors (Lipinski definition) is 5. The number of rotatable bonds is 4. The summed E-state index contributed by atoms with van der Waals surface area (Å²) in [6.07, 6.45) is 3.90. The lowest BCUT2D eigenvalue weighted by molar-refractivity contribution is 0.226. The summed E-state index contributed by atoms with van der Waals surface area (Å²) in [6, 6.07) is 0.723. The van der Waals surface area contributed by atoms with Gasteiger partial charge in [-0.15, -0.1) is 0 Å². The molecule has 5 nitrogen and oxygen atoms in total. The molecule has 1 N–H and O–H groups in total. The summed E-state index contributed by atoms with van der Waals surface area (Å²) in [4.78, 5) is 10.6. The minimum absolute atomic E-state index is 0.338. The van der Waals surface area contributed by atoms with Crippen LogP contribution >= 0.6 is 11.6 Å². The molecular formula is C12H19ClN4O. The van der Waals surface area contributed by atoms with Gasteiger partial charge in [-0.2, -0.15) is 4.98 Å². The first kappa shape index (κ1) is 13.4. The summed E-state index contributed by atoms with van der Waals surface area (Å²) in [7, 11) is 1.55. The van der Waals surface area contributed by atoms with E-state index in [0.717, 1.165) is 19.5 Å². The van der Waals surface area contributed by atoms with Gasteiger partial charge >= 0.3 is 6.01 Å². The summed E-state index contributed by atoms with van der Waals surface area (Å²) in [5.74, 6) is 0.659. The van der Waals surface area contributed by atoms with Crippen molar-refractivity contribution in [1.82, 2.24) is 14.9 Å². The van der Waals surface area contributed by atoms with Crippen molar-refractivity contribution in [1.29, 1.82) is 0 Å². The molecule has 0 radical (unpaired) electrons. The largest absolute Gasteiger partial charge is 0.467 e. The van der Waals surface area contributed by atoms with Crippen molar-refractivity contribution >= 4 is 17.4 Å². The molecule has 0 spiro atoms. The average molecular weight is 271 g/mol. The van der Waals surface area contributed by atoms with Gasteiger partial charge in [-0.1, -0.05) is 18.5 Å². The van der Waals surface area contributed by atoms with E-state index in [9.17, 15) is 0 Å². The molecule has 6 heteroatoms. The highest BCUT2D eigenvalue weighted by molar-refractivity contribution is 6.32. The molecule has 0 amide bonds. The van der Waals surface area contributed by atoms with E-state index in [1.54, 1.807) is 13.3 Å². The maximum absolute atomic E-state index is 6.09. The zero-order valence-electron chi connectivity index (χ0n) is 10.8. The fraction of sp³-hybridized carbons (Fsp3) is 0.667. The van der Waals surface area contributed by atoms with E-state index in [-0.39, 0.29) is 0 Å². The third-order valence-corrected chi connectivity index (χ3v) is 3.47. The molecule has 0 aromatic carbocycles. The Labute approximate surface area is 113 Å². The summed E-state index contributed by atoms with van der Waals surface area (Å²) < 4.78 is 5.01. The van der Waals surface area contributed by atoms with E-state index >= 15 is 0 Å². The topological polar surface area (TPSA) is 50.3 Å². The van der Waals surface area contributed by atoms with E-state index in [0.29, 0.717) is 22.9 Å². The molecule has 1 aliphatic heterocycles. The Hall–Kier alpha value is -1.07. The van der Waals surface area contributed by atoms with Crippen molar-refractivity contribution < 1.29 is 4.74 Å². The third-order valence-electron chi connectivity index (χ3n) is 3.20. The smallest absolute Gasteiger partial charge is 0.318 e. The number of aromatic nitrogens is 2. The van der Waals surface area contributed by atoms with Crippen molar-refractivity contribution in [2.75, 3.05) is 32.1 Å². The van der Waals surface area contributed by atoms with Crippen LogP contribution in [0.3, 0.4) is 0 Å². The van der Waals surface area contributed by atoms with Crippen molar-refractivity contribution in [3.8, 4) is 6.01 Å². The van der Waals surface area contributed by atoms with Crippen LogP contribution in [0, 0.1) is 0 Å². The Morgan fingerprint density at radius 2 is 2.44 bits per heavy atom. The predicted molar refractivity (Wildman–Crippen MR) is 72.4 cm³/mol. The van der Waals surface area contributed by atoms with Gasteiger partial charge in [0.1, 0.15) is 5.02 Å². The van der Waals surface area contributed by atoms with E-state index in [1.165, 1.54) is 13.0 Å². The highest BCUT2D eigenvalue weighted by Gasteiger charge is 2.20. The van der Waals surface area contributed by atoms with E-state index in [2.05, 4.69) is 27.1 Å². The van der Waals surface area contributed by atoms with Gasteiger partial charge in [0.15, 0.2) is 5.82 Å². The van der Waals surface area contributed by atoms with Gasteiger partial charge in [-0.25, -0.2) is 4.98 Å². The molecule has 1 atom stereocenters. The van der Waals surface area contributed by atoms with E-state index < -0.39 is 0 Å². The van der Waals surface area contributed by atoms with Crippen LogP contribution in [0.5, 0.6) is 6.01 Å². The minimum Gasteiger partial charge on any atom is -0.467 e. The van der Waals surface area contributed by atoms with Gasteiger partial charge in [-0.3, -0.25) is 0 Å². The molecule has 100 valence electrons. The normalized spacial score (nSPS) is 20.7. The van der Waals surface area contributed by atoms with Crippen molar-refractivity contribution in [2.24, 2.45) is 0 Å². The van der Waals surface area contributed by atoms with Crippen LogP contribution < -0.4 is 10.1 Å². The molecule has 18 heavy (non-hydrogen) atoms. The van der Waals surface area contributed by atoms with Crippen LogP contribution in [0.15, 0.2) is 6.20 Å². The fourth-order valence-corrected chi connectivity index (χ4v) is 2.35. The monoisotopic (exact) mass is 270 g/mol. The Bertz CT molecular complexity index is 402. The molecule has 1 saturated heterocycles. The number of nitrogens with zero attached hydrogens (tertiary/aromatic N) is 3. The lowest BCUT2D eigenvalue weighted by Gasteiger charge is -2.32. The summed E-state index contributed by atoms with van der Waals surface area (Å²) in [5, 5.41) is 3.92. The molecule has 2 rings (SSSR count). The molecule has 0 bridgehead atoms. The number of methoxy groups -OCH3 is 1. The van der Waals surface area contributed by atoms with Crippen LogP contribution in [0.1, 0.15) is 19.8 Å². The number of anilines is 1. The standard InChI is InChI=1S/C12H19ClN4O/c1-3-17-6-4-5-9(8-17)15-11-10(13)7-14-12(16-11)18-2/h7,9H,3-6,8H2,1-2H3,(H,14,15,16). The maximum atomic E-state index is 6.09. The van der Waals surface area contributed by atoms with Crippen LogP contribution in [0.4, 0.5) is 5.82 Å². The summed E-state index contributed by atoms with van der Waals surface area (Å²) >= 11 is 6.09.